The summed E-state index contributed by atoms with van der Waals surface area (Å²) in [6, 6.07) is 0.393. The highest BCUT2D eigenvalue weighted by Gasteiger charge is 2.13. The number of aliphatic carboxylic acids is 1. The number of hydrogen-bond acceptors (Lipinski definition) is 5. The molecule has 0 unspecified atom stereocenters. The number of nitrogens with zero attached hydrogens (tertiary/aromatic N) is 2. The number of carboxylic acids is 1. The molecule has 0 bridgehead atoms. The normalized spacial score (nSPS) is 17.6. The van der Waals surface area contributed by atoms with Crippen LogP contribution in [0.3, 0.4) is 0 Å². The first-order valence-corrected chi connectivity index (χ1v) is 5.44. The molecule has 0 amide bonds. The van der Waals surface area contributed by atoms with E-state index in [1.807, 2.05) is 0 Å². The molecule has 19 heavy (non-hydrogen) atoms. The Morgan fingerprint density at radius 3 is 2.74 bits per heavy atom. The molecule has 1 fully saturated rings. The fourth-order valence-corrected chi connectivity index (χ4v) is 1.64. The van der Waals surface area contributed by atoms with Crippen LogP contribution in [0.15, 0.2) is 18.5 Å². The van der Waals surface area contributed by atoms with Crippen molar-refractivity contribution in [2.75, 3.05) is 18.4 Å². The molecule has 2 rings (SSSR count). The van der Waals surface area contributed by atoms with E-state index in [-0.39, 0.29) is 24.8 Å². The van der Waals surface area contributed by atoms with Gasteiger partial charge in [-0.05, 0) is 19.0 Å². The van der Waals surface area contributed by atoms with Gasteiger partial charge in [0.25, 0.3) is 0 Å². The smallest absolute Gasteiger partial charge is 0.328 e. The van der Waals surface area contributed by atoms with E-state index in [1.54, 1.807) is 12.4 Å². The van der Waals surface area contributed by atoms with Gasteiger partial charge in [-0.2, -0.15) is 0 Å². The number of halogens is 2. The van der Waals surface area contributed by atoms with E-state index < -0.39 is 5.97 Å². The van der Waals surface area contributed by atoms with E-state index in [9.17, 15) is 4.79 Å². The summed E-state index contributed by atoms with van der Waals surface area (Å²) in [5.74, 6) is -0.280. The van der Waals surface area contributed by atoms with Gasteiger partial charge in [0.05, 0.1) is 18.1 Å². The van der Waals surface area contributed by atoms with E-state index in [2.05, 4.69) is 20.6 Å². The number of rotatable bonds is 4. The summed E-state index contributed by atoms with van der Waals surface area (Å²) in [4.78, 5) is 18.6. The second-order valence-electron chi connectivity index (χ2n) is 3.83. The zero-order chi connectivity index (χ0) is 12.1. The van der Waals surface area contributed by atoms with Gasteiger partial charge in [0.15, 0.2) is 0 Å². The minimum absolute atomic E-state index is 0. The van der Waals surface area contributed by atoms with E-state index in [4.69, 9.17) is 5.11 Å². The second kappa shape index (κ2) is 8.68. The molecular formula is C11H16Cl2N4O2. The third-order valence-corrected chi connectivity index (χ3v) is 2.48. The molecule has 0 radical (unpaired) electrons. The quantitative estimate of drug-likeness (QED) is 0.724. The van der Waals surface area contributed by atoms with Crippen molar-refractivity contribution in [3.63, 3.8) is 0 Å². The summed E-state index contributed by atoms with van der Waals surface area (Å²) in [6.07, 6.45) is 6.68. The Bertz CT molecular complexity index is 419. The van der Waals surface area contributed by atoms with Crippen molar-refractivity contribution in [1.82, 2.24) is 15.3 Å². The minimum atomic E-state index is -0.994. The van der Waals surface area contributed by atoms with Gasteiger partial charge in [-0.1, -0.05) is 0 Å². The van der Waals surface area contributed by atoms with E-state index in [0.717, 1.165) is 25.6 Å². The monoisotopic (exact) mass is 306 g/mol. The minimum Gasteiger partial charge on any atom is -0.478 e. The second-order valence-corrected chi connectivity index (χ2v) is 3.83. The topological polar surface area (TPSA) is 87.1 Å². The molecule has 0 aliphatic carbocycles. The molecule has 2 heterocycles. The first-order valence-electron chi connectivity index (χ1n) is 5.44. The maximum atomic E-state index is 10.3. The Morgan fingerprint density at radius 2 is 2.21 bits per heavy atom. The summed E-state index contributed by atoms with van der Waals surface area (Å²) in [5, 5.41) is 15.0. The van der Waals surface area contributed by atoms with Gasteiger partial charge in [0.1, 0.15) is 5.82 Å². The van der Waals surface area contributed by atoms with Gasteiger partial charge in [0, 0.05) is 18.7 Å². The average Bonchev–Trinajstić information content (AvgIpc) is 2.81. The number of nitrogens with one attached hydrogen (secondary N) is 2. The van der Waals surface area contributed by atoms with Crippen LogP contribution in [0.2, 0.25) is 0 Å². The average molecular weight is 307 g/mol. The summed E-state index contributed by atoms with van der Waals surface area (Å²) >= 11 is 0. The number of aromatic nitrogens is 2. The molecule has 3 N–H and O–H groups in total. The lowest BCUT2D eigenvalue weighted by Gasteiger charge is -2.10. The van der Waals surface area contributed by atoms with Crippen LogP contribution in [0.1, 0.15) is 12.1 Å². The van der Waals surface area contributed by atoms with Crippen molar-refractivity contribution in [3.8, 4) is 0 Å². The fraction of sp³-hybridized carbons (Fsp3) is 0.364. The number of carboxylic acid groups (broad SMARTS) is 1. The highest BCUT2D eigenvalue weighted by Crippen LogP contribution is 2.08. The molecule has 1 aliphatic rings. The molecule has 0 aromatic carbocycles. The molecule has 0 saturated carbocycles. The van der Waals surface area contributed by atoms with Crippen LogP contribution >= 0.6 is 24.8 Å². The summed E-state index contributed by atoms with van der Waals surface area (Å²) < 4.78 is 0. The zero-order valence-corrected chi connectivity index (χ0v) is 11.7. The van der Waals surface area contributed by atoms with E-state index in [1.165, 1.54) is 6.08 Å². The van der Waals surface area contributed by atoms with Gasteiger partial charge < -0.3 is 15.7 Å². The third-order valence-electron chi connectivity index (χ3n) is 2.48. The van der Waals surface area contributed by atoms with Crippen LogP contribution in [-0.4, -0.2) is 40.2 Å². The van der Waals surface area contributed by atoms with Crippen LogP contribution in [0.4, 0.5) is 5.82 Å². The maximum absolute atomic E-state index is 10.3. The summed E-state index contributed by atoms with van der Waals surface area (Å²) in [7, 11) is 0. The molecule has 1 aliphatic heterocycles. The standard InChI is InChI=1S/C11H14N4O2.2ClH/c16-11(17)2-1-8-6-14-10(7-13-8)15-9-3-4-12-5-9;;/h1-2,6-7,9,12H,3-5H2,(H,14,15)(H,16,17);2*1H/b2-1+;;/t9-;;/m1../s1. The first kappa shape index (κ1) is 17.6. The Morgan fingerprint density at radius 1 is 1.42 bits per heavy atom. The molecule has 1 atom stereocenters. The predicted molar refractivity (Wildman–Crippen MR) is 78.1 cm³/mol. The number of anilines is 1. The maximum Gasteiger partial charge on any atom is 0.328 e. The molecule has 6 nitrogen and oxygen atoms in total. The number of carbonyl (C=O) groups is 1. The Balaban J connectivity index is 0.00000162. The van der Waals surface area contributed by atoms with Gasteiger partial charge in [-0.3, -0.25) is 4.98 Å². The number of hydrogen-bond donors (Lipinski definition) is 3. The first-order chi connectivity index (χ1) is 8.24. The van der Waals surface area contributed by atoms with Crippen molar-refractivity contribution in [2.45, 2.75) is 12.5 Å². The summed E-state index contributed by atoms with van der Waals surface area (Å²) in [6.45, 7) is 1.95. The lowest BCUT2D eigenvalue weighted by atomic mass is 10.2. The van der Waals surface area contributed by atoms with Crippen LogP contribution in [0.5, 0.6) is 0 Å². The molecule has 1 saturated heterocycles. The van der Waals surface area contributed by atoms with Crippen molar-refractivity contribution >= 4 is 42.7 Å². The van der Waals surface area contributed by atoms with Crippen LogP contribution in [0, 0.1) is 0 Å². The third kappa shape index (κ3) is 5.87. The summed E-state index contributed by atoms with van der Waals surface area (Å²) in [5.41, 5.74) is 0.530. The van der Waals surface area contributed by atoms with Crippen molar-refractivity contribution in [3.05, 3.63) is 24.2 Å². The molecule has 1 aromatic heterocycles. The highest BCUT2D eigenvalue weighted by atomic mass is 35.5. The van der Waals surface area contributed by atoms with Crippen LogP contribution < -0.4 is 10.6 Å². The van der Waals surface area contributed by atoms with Crippen molar-refractivity contribution in [2.24, 2.45) is 0 Å². The lowest BCUT2D eigenvalue weighted by molar-refractivity contribution is -0.131. The lowest BCUT2D eigenvalue weighted by Crippen LogP contribution is -2.22. The molecule has 106 valence electrons. The van der Waals surface area contributed by atoms with E-state index >= 15 is 0 Å². The largest absolute Gasteiger partial charge is 0.478 e. The van der Waals surface area contributed by atoms with E-state index in [0.29, 0.717) is 17.6 Å². The fourth-order valence-electron chi connectivity index (χ4n) is 1.64. The van der Waals surface area contributed by atoms with Gasteiger partial charge in [0.2, 0.25) is 0 Å². The van der Waals surface area contributed by atoms with Crippen molar-refractivity contribution < 1.29 is 9.90 Å². The van der Waals surface area contributed by atoms with Crippen LogP contribution in [-0.2, 0) is 4.79 Å². The zero-order valence-electron chi connectivity index (χ0n) is 10.1. The van der Waals surface area contributed by atoms with Gasteiger partial charge in [-0.25, -0.2) is 9.78 Å². The Labute approximate surface area is 123 Å². The molecular weight excluding hydrogens is 291 g/mol. The van der Waals surface area contributed by atoms with Gasteiger partial charge >= 0.3 is 5.97 Å². The Kier molecular flexibility index (Phi) is 8.06. The van der Waals surface area contributed by atoms with Crippen molar-refractivity contribution in [1.29, 1.82) is 0 Å². The SMILES string of the molecule is Cl.Cl.O=C(O)/C=C/c1cnc(N[C@@H]2CCNC2)cn1. The highest BCUT2D eigenvalue weighted by molar-refractivity contribution is 5.85. The molecule has 8 heteroatoms. The van der Waals surface area contributed by atoms with Crippen LogP contribution in [0.25, 0.3) is 6.08 Å². The molecule has 0 spiro atoms. The van der Waals surface area contributed by atoms with Gasteiger partial charge in [-0.15, -0.1) is 24.8 Å². The predicted octanol–water partition coefficient (Wildman–Crippen LogP) is 1.19. The Hall–Kier alpha value is -1.37. The molecule has 1 aromatic rings.